The van der Waals surface area contributed by atoms with Crippen molar-refractivity contribution in [2.45, 2.75) is 51.6 Å². The first-order valence-corrected chi connectivity index (χ1v) is 10.6. The highest BCUT2D eigenvalue weighted by Crippen LogP contribution is 2.34. The lowest BCUT2D eigenvalue weighted by molar-refractivity contribution is -0.138. The molecular weight excluding hydrogens is 429 g/mol. The number of hydrogen-bond acceptors (Lipinski definition) is 3. The fourth-order valence-corrected chi connectivity index (χ4v) is 4.29. The predicted molar refractivity (Wildman–Crippen MR) is 114 cm³/mol. The molecule has 2 N–H and O–H groups in total. The Hall–Kier alpha value is -2.38. The van der Waals surface area contributed by atoms with Crippen LogP contribution < -0.4 is 10.9 Å². The van der Waals surface area contributed by atoms with Crippen molar-refractivity contribution >= 4 is 29.0 Å². The summed E-state index contributed by atoms with van der Waals surface area (Å²) in [5.41, 5.74) is -1.00. The lowest BCUT2D eigenvalue weighted by Crippen LogP contribution is -2.39. The molecule has 0 aliphatic heterocycles. The van der Waals surface area contributed by atoms with Crippen LogP contribution in [0.25, 0.3) is 0 Å². The Labute approximate surface area is 184 Å². The summed E-state index contributed by atoms with van der Waals surface area (Å²) in [6.45, 7) is 1.22. The van der Waals surface area contributed by atoms with Gasteiger partial charge in [-0.1, -0.05) is 49.8 Å². The number of hydrazine groups is 1. The average Bonchev–Trinajstić information content (AvgIpc) is 2.72. The molecule has 1 aliphatic carbocycles. The van der Waals surface area contributed by atoms with Crippen LogP contribution in [0.2, 0.25) is 5.02 Å². The van der Waals surface area contributed by atoms with Gasteiger partial charge in [0.05, 0.1) is 11.3 Å². The lowest BCUT2D eigenvalue weighted by Gasteiger charge is -2.24. The molecule has 31 heavy (non-hydrogen) atoms. The van der Waals surface area contributed by atoms with Crippen LogP contribution >= 0.6 is 11.6 Å². The summed E-state index contributed by atoms with van der Waals surface area (Å²) in [6, 6.07) is 7.74. The van der Waals surface area contributed by atoms with E-state index in [4.69, 9.17) is 17.4 Å². The summed E-state index contributed by atoms with van der Waals surface area (Å²) < 4.78 is 39.7. The minimum absolute atomic E-state index is 0.118. The third-order valence-electron chi connectivity index (χ3n) is 5.81. The zero-order valence-electron chi connectivity index (χ0n) is 17.1. The van der Waals surface area contributed by atoms with E-state index < -0.39 is 17.6 Å². The Balaban J connectivity index is 1.92. The highest BCUT2D eigenvalue weighted by atomic mass is 35.5. The van der Waals surface area contributed by atoms with E-state index in [9.17, 15) is 22.8 Å². The molecule has 2 aromatic rings. The van der Waals surface area contributed by atoms with Gasteiger partial charge in [-0.3, -0.25) is 9.59 Å². The number of nitrogens with two attached hydrogens (primary N) is 1. The molecule has 0 bridgehead atoms. The minimum atomic E-state index is -4.60. The van der Waals surface area contributed by atoms with E-state index in [1.54, 1.807) is 0 Å². The van der Waals surface area contributed by atoms with Gasteiger partial charge in [0.15, 0.2) is 5.78 Å². The molecule has 8 heteroatoms. The van der Waals surface area contributed by atoms with E-state index in [2.05, 4.69) is 0 Å². The topological polar surface area (TPSA) is 63.4 Å². The number of rotatable bonds is 5. The number of hydrogen-bond donors (Lipinski definition) is 1. The second-order valence-electron chi connectivity index (χ2n) is 7.94. The standard InChI is InChI=1S/C23H24ClF3N2O2/c1-14-17(8-5-9-19(14)23(25,26)27)22(31)29(28)20-11-10-16(24)13-18(20)21(30)12-15-6-3-2-4-7-15/h5,8-11,13,15H,2-4,6-7,12,28H2,1H3. The Bertz CT molecular complexity index is 985. The summed E-state index contributed by atoms with van der Waals surface area (Å²) in [7, 11) is 0. The smallest absolute Gasteiger partial charge is 0.294 e. The highest BCUT2D eigenvalue weighted by molar-refractivity contribution is 6.31. The fourth-order valence-electron chi connectivity index (χ4n) is 4.12. The average molecular weight is 453 g/mol. The highest BCUT2D eigenvalue weighted by Gasteiger charge is 2.34. The van der Waals surface area contributed by atoms with Crippen LogP contribution in [0.5, 0.6) is 0 Å². The van der Waals surface area contributed by atoms with Gasteiger partial charge < -0.3 is 0 Å². The van der Waals surface area contributed by atoms with Crippen LogP contribution in [0.4, 0.5) is 18.9 Å². The number of alkyl halides is 3. The summed E-state index contributed by atoms with van der Waals surface area (Å²) in [6.07, 6.45) is 0.980. The first kappa shape index (κ1) is 23.3. The molecular formula is C23H24ClF3N2O2. The number of nitrogens with zero attached hydrogens (tertiary/aromatic N) is 1. The molecule has 1 saturated carbocycles. The number of Topliss-reactive ketones (excluding diaryl/α,β-unsaturated/α-hetero) is 1. The zero-order valence-corrected chi connectivity index (χ0v) is 17.9. The maximum atomic E-state index is 13.2. The van der Waals surface area contributed by atoms with Crippen molar-refractivity contribution in [3.8, 4) is 0 Å². The molecule has 2 aromatic carbocycles. The molecule has 0 aromatic heterocycles. The molecule has 0 unspecified atom stereocenters. The number of amides is 1. The monoisotopic (exact) mass is 452 g/mol. The molecule has 166 valence electrons. The molecule has 1 fully saturated rings. The van der Waals surface area contributed by atoms with E-state index >= 15 is 0 Å². The van der Waals surface area contributed by atoms with Gasteiger partial charge in [0.25, 0.3) is 5.91 Å². The van der Waals surface area contributed by atoms with Crippen molar-refractivity contribution in [2.24, 2.45) is 11.8 Å². The predicted octanol–water partition coefficient (Wildman–Crippen LogP) is 6.34. The van der Waals surface area contributed by atoms with E-state index in [0.717, 1.165) is 49.2 Å². The van der Waals surface area contributed by atoms with Gasteiger partial charge in [0.1, 0.15) is 0 Å². The van der Waals surface area contributed by atoms with E-state index in [1.807, 2.05) is 0 Å². The van der Waals surface area contributed by atoms with E-state index in [1.165, 1.54) is 31.2 Å². The lowest BCUT2D eigenvalue weighted by atomic mass is 9.84. The zero-order chi connectivity index (χ0) is 22.8. The van der Waals surface area contributed by atoms with Crippen molar-refractivity contribution in [1.82, 2.24) is 0 Å². The van der Waals surface area contributed by atoms with Crippen molar-refractivity contribution in [2.75, 3.05) is 5.01 Å². The summed E-state index contributed by atoms with van der Waals surface area (Å²) in [5, 5.41) is 1.04. The molecule has 0 saturated heterocycles. The maximum absolute atomic E-state index is 13.2. The number of ketones is 1. The van der Waals surface area contributed by atoms with E-state index in [-0.39, 0.29) is 34.1 Å². The van der Waals surface area contributed by atoms with Crippen molar-refractivity contribution < 1.29 is 22.8 Å². The third-order valence-corrected chi connectivity index (χ3v) is 6.04. The number of carbonyl (C=O) groups is 2. The Morgan fingerprint density at radius 2 is 1.77 bits per heavy atom. The minimum Gasteiger partial charge on any atom is -0.294 e. The van der Waals surface area contributed by atoms with Gasteiger partial charge in [-0.25, -0.2) is 10.9 Å². The summed E-state index contributed by atoms with van der Waals surface area (Å²) in [5.74, 6) is 5.27. The Morgan fingerprint density at radius 3 is 2.42 bits per heavy atom. The largest absolute Gasteiger partial charge is 0.416 e. The summed E-state index contributed by atoms with van der Waals surface area (Å²) >= 11 is 6.08. The molecule has 1 amide bonds. The maximum Gasteiger partial charge on any atom is 0.416 e. The van der Waals surface area contributed by atoms with Gasteiger partial charge in [-0.05, 0) is 48.7 Å². The number of benzene rings is 2. The van der Waals surface area contributed by atoms with Crippen LogP contribution in [0.1, 0.15) is 70.4 Å². The van der Waals surface area contributed by atoms with Crippen LogP contribution in [-0.4, -0.2) is 11.7 Å². The van der Waals surface area contributed by atoms with Crippen molar-refractivity contribution in [3.63, 3.8) is 0 Å². The first-order chi connectivity index (χ1) is 14.6. The number of halogens is 4. The van der Waals surface area contributed by atoms with Crippen LogP contribution in [0.15, 0.2) is 36.4 Å². The second kappa shape index (κ2) is 9.40. The van der Waals surface area contributed by atoms with Crippen LogP contribution in [-0.2, 0) is 6.18 Å². The molecule has 0 heterocycles. The van der Waals surface area contributed by atoms with Crippen LogP contribution in [0.3, 0.4) is 0 Å². The van der Waals surface area contributed by atoms with E-state index in [0.29, 0.717) is 11.4 Å². The van der Waals surface area contributed by atoms with Crippen molar-refractivity contribution in [3.05, 3.63) is 63.7 Å². The summed E-state index contributed by atoms with van der Waals surface area (Å²) in [4.78, 5) is 26.0. The first-order valence-electron chi connectivity index (χ1n) is 10.2. The normalized spacial score (nSPS) is 15.0. The molecule has 0 spiro atoms. The molecule has 4 nitrogen and oxygen atoms in total. The SMILES string of the molecule is Cc1c(C(=O)N(N)c2ccc(Cl)cc2C(=O)CC2CCCCC2)cccc1C(F)(F)F. The Kier molecular flexibility index (Phi) is 7.06. The van der Waals surface area contributed by atoms with Gasteiger partial charge in [0.2, 0.25) is 0 Å². The van der Waals surface area contributed by atoms with Crippen LogP contribution in [0, 0.1) is 12.8 Å². The molecule has 3 rings (SSSR count). The third kappa shape index (κ3) is 5.28. The molecule has 0 radical (unpaired) electrons. The van der Waals surface area contributed by atoms with Gasteiger partial charge in [0, 0.05) is 22.6 Å². The van der Waals surface area contributed by atoms with Gasteiger partial charge in [-0.2, -0.15) is 13.2 Å². The number of anilines is 1. The number of carbonyl (C=O) groups excluding carboxylic acids is 2. The second-order valence-corrected chi connectivity index (χ2v) is 8.38. The fraction of sp³-hybridized carbons (Fsp3) is 0.391. The van der Waals surface area contributed by atoms with Gasteiger partial charge >= 0.3 is 6.18 Å². The molecule has 0 atom stereocenters. The van der Waals surface area contributed by atoms with Crippen molar-refractivity contribution in [1.29, 1.82) is 0 Å². The Morgan fingerprint density at radius 1 is 1.10 bits per heavy atom. The van der Waals surface area contributed by atoms with Gasteiger partial charge in [-0.15, -0.1) is 0 Å². The molecule has 1 aliphatic rings. The quantitative estimate of drug-likeness (QED) is 0.249.